The molecular formula is C15H26N4S. The van der Waals surface area contributed by atoms with Crippen molar-refractivity contribution < 1.29 is 0 Å². The van der Waals surface area contributed by atoms with Crippen LogP contribution in [0.15, 0.2) is 0 Å². The third-order valence-electron chi connectivity index (χ3n) is 4.63. The Morgan fingerprint density at radius 1 is 1.10 bits per heavy atom. The zero-order valence-corrected chi connectivity index (χ0v) is 13.4. The lowest BCUT2D eigenvalue weighted by atomic mass is 9.99. The second-order valence-corrected chi connectivity index (χ2v) is 7.44. The third-order valence-corrected chi connectivity index (χ3v) is 5.46. The van der Waals surface area contributed by atoms with Crippen molar-refractivity contribution in [2.24, 2.45) is 0 Å². The molecule has 112 valence electrons. The fraction of sp³-hybridized carbons (Fsp3) is 0.867. The summed E-state index contributed by atoms with van der Waals surface area (Å²) < 4.78 is 0. The molecule has 0 radical (unpaired) electrons. The summed E-state index contributed by atoms with van der Waals surface area (Å²) in [7, 11) is 0. The van der Waals surface area contributed by atoms with Crippen LogP contribution in [-0.2, 0) is 6.54 Å². The summed E-state index contributed by atoms with van der Waals surface area (Å²) in [6.07, 6.45) is 8.24. The maximum absolute atomic E-state index is 4.30. The van der Waals surface area contributed by atoms with Gasteiger partial charge in [-0.05, 0) is 65.2 Å². The molecule has 2 saturated heterocycles. The Labute approximate surface area is 126 Å². The van der Waals surface area contributed by atoms with Crippen molar-refractivity contribution in [3.63, 3.8) is 0 Å². The van der Waals surface area contributed by atoms with Crippen molar-refractivity contribution in [3.05, 3.63) is 10.0 Å². The van der Waals surface area contributed by atoms with E-state index in [0.29, 0.717) is 0 Å². The largest absolute Gasteiger partial charge is 0.303 e. The minimum Gasteiger partial charge on any atom is -0.303 e. The van der Waals surface area contributed by atoms with Gasteiger partial charge in [0.15, 0.2) is 0 Å². The first-order valence-electron chi connectivity index (χ1n) is 8.06. The van der Waals surface area contributed by atoms with Crippen molar-refractivity contribution in [2.75, 3.05) is 26.2 Å². The SMILES string of the molecule is Cc1nnc(CN2CCCC[C@@H]2CCN2CCCC2)s1. The molecule has 2 fully saturated rings. The second-order valence-electron chi connectivity index (χ2n) is 6.17. The first kappa shape index (κ1) is 14.4. The topological polar surface area (TPSA) is 32.3 Å². The Bertz CT molecular complexity index is 414. The number of piperidine rings is 1. The maximum Gasteiger partial charge on any atom is 0.131 e. The molecule has 1 aromatic heterocycles. The highest BCUT2D eigenvalue weighted by molar-refractivity contribution is 7.11. The first-order chi connectivity index (χ1) is 9.81. The van der Waals surface area contributed by atoms with Gasteiger partial charge in [-0.25, -0.2) is 0 Å². The molecule has 4 nitrogen and oxygen atoms in total. The van der Waals surface area contributed by atoms with Gasteiger partial charge in [-0.2, -0.15) is 0 Å². The number of aromatic nitrogens is 2. The molecule has 0 amide bonds. The van der Waals surface area contributed by atoms with Gasteiger partial charge >= 0.3 is 0 Å². The van der Waals surface area contributed by atoms with Crippen LogP contribution in [0.3, 0.4) is 0 Å². The van der Waals surface area contributed by atoms with Gasteiger partial charge in [-0.1, -0.05) is 6.42 Å². The molecule has 3 rings (SSSR count). The quantitative estimate of drug-likeness (QED) is 0.836. The van der Waals surface area contributed by atoms with E-state index in [2.05, 4.69) is 20.0 Å². The molecule has 0 spiro atoms. The smallest absolute Gasteiger partial charge is 0.131 e. The van der Waals surface area contributed by atoms with Crippen molar-refractivity contribution in [2.45, 2.75) is 58.0 Å². The molecule has 0 bridgehead atoms. The molecule has 2 aliphatic heterocycles. The predicted molar refractivity (Wildman–Crippen MR) is 83.0 cm³/mol. The minimum absolute atomic E-state index is 0.758. The lowest BCUT2D eigenvalue weighted by Crippen LogP contribution is -2.40. The standard InChI is InChI=1S/C15H26N4S/c1-13-16-17-15(20-13)12-19-10-3-2-6-14(19)7-11-18-8-4-5-9-18/h14H,2-12H2,1H3/t14-/m1/s1. The Balaban J connectivity index is 1.52. The van der Waals surface area contributed by atoms with E-state index in [0.717, 1.165) is 17.6 Å². The normalized spacial score (nSPS) is 25.4. The second kappa shape index (κ2) is 6.96. The highest BCUT2D eigenvalue weighted by Gasteiger charge is 2.24. The van der Waals surface area contributed by atoms with Crippen LogP contribution < -0.4 is 0 Å². The van der Waals surface area contributed by atoms with Gasteiger partial charge in [0.2, 0.25) is 0 Å². The van der Waals surface area contributed by atoms with E-state index in [1.54, 1.807) is 11.3 Å². The zero-order chi connectivity index (χ0) is 13.8. The van der Waals surface area contributed by atoms with E-state index in [1.165, 1.54) is 69.7 Å². The van der Waals surface area contributed by atoms with E-state index in [-0.39, 0.29) is 0 Å². The fourth-order valence-electron chi connectivity index (χ4n) is 3.51. The molecule has 5 heteroatoms. The summed E-state index contributed by atoms with van der Waals surface area (Å²) in [6, 6.07) is 0.758. The van der Waals surface area contributed by atoms with Crippen LogP contribution in [0, 0.1) is 6.92 Å². The van der Waals surface area contributed by atoms with Gasteiger partial charge in [0.05, 0.1) is 6.54 Å². The van der Waals surface area contributed by atoms with E-state index >= 15 is 0 Å². The van der Waals surface area contributed by atoms with E-state index < -0.39 is 0 Å². The number of rotatable bonds is 5. The Hall–Kier alpha value is -0.520. The summed E-state index contributed by atoms with van der Waals surface area (Å²) in [5, 5.41) is 10.7. The van der Waals surface area contributed by atoms with Gasteiger partial charge in [0.25, 0.3) is 0 Å². The molecule has 3 heterocycles. The Kier molecular flexibility index (Phi) is 5.02. The summed E-state index contributed by atoms with van der Waals surface area (Å²) in [5.41, 5.74) is 0. The highest BCUT2D eigenvalue weighted by Crippen LogP contribution is 2.23. The van der Waals surface area contributed by atoms with Crippen LogP contribution in [0.2, 0.25) is 0 Å². The number of aryl methyl sites for hydroxylation is 1. The molecule has 0 unspecified atom stereocenters. The van der Waals surface area contributed by atoms with Crippen molar-refractivity contribution in [1.29, 1.82) is 0 Å². The maximum atomic E-state index is 4.30. The van der Waals surface area contributed by atoms with Gasteiger partial charge in [-0.15, -0.1) is 21.5 Å². The number of likely N-dealkylation sites (tertiary alicyclic amines) is 2. The lowest BCUT2D eigenvalue weighted by molar-refractivity contribution is 0.121. The van der Waals surface area contributed by atoms with Gasteiger partial charge in [0.1, 0.15) is 10.0 Å². The summed E-state index contributed by atoms with van der Waals surface area (Å²) >= 11 is 1.75. The molecule has 0 saturated carbocycles. The zero-order valence-electron chi connectivity index (χ0n) is 12.6. The first-order valence-corrected chi connectivity index (χ1v) is 8.88. The molecule has 20 heavy (non-hydrogen) atoms. The van der Waals surface area contributed by atoms with Crippen LogP contribution in [0.5, 0.6) is 0 Å². The molecule has 0 N–H and O–H groups in total. The Morgan fingerprint density at radius 3 is 2.65 bits per heavy atom. The molecular weight excluding hydrogens is 268 g/mol. The molecule has 0 aliphatic carbocycles. The average molecular weight is 294 g/mol. The fourth-order valence-corrected chi connectivity index (χ4v) is 4.24. The van der Waals surface area contributed by atoms with Crippen molar-refractivity contribution in [3.8, 4) is 0 Å². The predicted octanol–water partition coefficient (Wildman–Crippen LogP) is 2.69. The Morgan fingerprint density at radius 2 is 1.90 bits per heavy atom. The number of hydrogen-bond acceptors (Lipinski definition) is 5. The summed E-state index contributed by atoms with van der Waals surface area (Å²) in [4.78, 5) is 5.29. The summed E-state index contributed by atoms with van der Waals surface area (Å²) in [6.45, 7) is 8.22. The van der Waals surface area contributed by atoms with Crippen LogP contribution in [0.25, 0.3) is 0 Å². The van der Waals surface area contributed by atoms with Crippen LogP contribution in [-0.4, -0.2) is 52.2 Å². The number of nitrogens with zero attached hydrogens (tertiary/aromatic N) is 4. The third kappa shape index (κ3) is 3.77. The van der Waals surface area contributed by atoms with Crippen molar-refractivity contribution in [1.82, 2.24) is 20.0 Å². The molecule has 2 aliphatic rings. The monoisotopic (exact) mass is 294 g/mol. The van der Waals surface area contributed by atoms with Crippen LogP contribution in [0.4, 0.5) is 0 Å². The van der Waals surface area contributed by atoms with E-state index in [9.17, 15) is 0 Å². The van der Waals surface area contributed by atoms with Gasteiger partial charge < -0.3 is 4.90 Å². The average Bonchev–Trinajstić information content (AvgIpc) is 3.10. The van der Waals surface area contributed by atoms with Gasteiger partial charge in [0, 0.05) is 6.04 Å². The summed E-state index contributed by atoms with van der Waals surface area (Å²) in [5.74, 6) is 0. The van der Waals surface area contributed by atoms with Crippen molar-refractivity contribution >= 4 is 11.3 Å². The molecule has 1 atom stereocenters. The van der Waals surface area contributed by atoms with Gasteiger partial charge in [-0.3, -0.25) is 4.90 Å². The molecule has 0 aromatic carbocycles. The van der Waals surface area contributed by atoms with E-state index in [1.807, 2.05) is 6.92 Å². The highest BCUT2D eigenvalue weighted by atomic mass is 32.1. The molecule has 1 aromatic rings. The van der Waals surface area contributed by atoms with Crippen LogP contribution in [0.1, 0.15) is 48.5 Å². The van der Waals surface area contributed by atoms with Crippen LogP contribution >= 0.6 is 11.3 Å². The minimum atomic E-state index is 0.758. The lowest BCUT2D eigenvalue weighted by Gasteiger charge is -2.36. The number of hydrogen-bond donors (Lipinski definition) is 0. The van der Waals surface area contributed by atoms with E-state index in [4.69, 9.17) is 0 Å².